The third-order valence-corrected chi connectivity index (χ3v) is 2.43. The molecule has 0 saturated heterocycles. The molecule has 0 fully saturated rings. The van der Waals surface area contributed by atoms with Gasteiger partial charge < -0.3 is 5.53 Å². The van der Waals surface area contributed by atoms with Crippen molar-refractivity contribution in [1.29, 1.82) is 5.26 Å². The molecule has 80 valence electrons. The minimum Gasteiger partial charge on any atom is -0.361 e. The molecular formula is C14H9N3. The van der Waals surface area contributed by atoms with Crippen molar-refractivity contribution in [1.82, 2.24) is 0 Å². The first-order chi connectivity index (χ1) is 8.35. The lowest BCUT2D eigenvalue weighted by Crippen LogP contribution is -2.04. The van der Waals surface area contributed by atoms with Gasteiger partial charge in [-0.15, -0.1) is 0 Å². The van der Waals surface area contributed by atoms with Crippen LogP contribution in [0.15, 0.2) is 54.6 Å². The highest BCUT2D eigenvalue weighted by Crippen LogP contribution is 2.10. The number of nitrogens with zero attached hydrogens (tertiary/aromatic N) is 3. The zero-order chi connectivity index (χ0) is 12.1. The fraction of sp³-hybridized carbons (Fsp3) is 0. The quantitative estimate of drug-likeness (QED) is 0.435. The second-order valence-corrected chi connectivity index (χ2v) is 3.50. The van der Waals surface area contributed by atoms with Gasteiger partial charge >= 0.3 is 5.71 Å². The Morgan fingerprint density at radius 2 is 1.53 bits per heavy atom. The van der Waals surface area contributed by atoms with E-state index in [2.05, 4.69) is 4.79 Å². The number of benzene rings is 2. The summed E-state index contributed by atoms with van der Waals surface area (Å²) in [5, 5.41) is 8.71. The van der Waals surface area contributed by atoms with E-state index in [1.54, 1.807) is 24.3 Å². The van der Waals surface area contributed by atoms with Crippen molar-refractivity contribution in [3.8, 4) is 6.07 Å². The van der Waals surface area contributed by atoms with Gasteiger partial charge in [-0.2, -0.15) is 10.1 Å². The Morgan fingerprint density at radius 1 is 0.941 bits per heavy atom. The lowest BCUT2D eigenvalue weighted by Gasteiger charge is -1.97. The van der Waals surface area contributed by atoms with E-state index in [0.717, 1.165) is 11.1 Å². The monoisotopic (exact) mass is 219 g/mol. The van der Waals surface area contributed by atoms with Crippen LogP contribution in [0.4, 0.5) is 0 Å². The average molecular weight is 219 g/mol. The highest BCUT2D eigenvalue weighted by molar-refractivity contribution is 6.09. The van der Waals surface area contributed by atoms with Crippen molar-refractivity contribution < 1.29 is 4.79 Å². The van der Waals surface area contributed by atoms with Crippen LogP contribution in [0.3, 0.4) is 0 Å². The molecule has 0 heterocycles. The van der Waals surface area contributed by atoms with Gasteiger partial charge in [0.2, 0.25) is 0 Å². The van der Waals surface area contributed by atoms with Crippen LogP contribution in [0.5, 0.6) is 0 Å². The fourth-order valence-corrected chi connectivity index (χ4v) is 1.58. The third-order valence-electron chi connectivity index (χ3n) is 2.43. The molecule has 3 nitrogen and oxygen atoms in total. The van der Waals surface area contributed by atoms with E-state index in [4.69, 9.17) is 10.8 Å². The summed E-state index contributed by atoms with van der Waals surface area (Å²) in [5.74, 6) is 0. The molecule has 0 bridgehead atoms. The van der Waals surface area contributed by atoms with Crippen molar-refractivity contribution in [2.24, 2.45) is 0 Å². The molecule has 0 saturated carbocycles. The van der Waals surface area contributed by atoms with E-state index in [1.165, 1.54) is 0 Å². The van der Waals surface area contributed by atoms with E-state index in [9.17, 15) is 0 Å². The summed E-state index contributed by atoms with van der Waals surface area (Å²) in [6, 6.07) is 18.4. The highest BCUT2D eigenvalue weighted by Gasteiger charge is 2.14. The molecule has 0 amide bonds. The van der Waals surface area contributed by atoms with E-state index in [-0.39, 0.29) is 0 Å². The molecule has 0 spiro atoms. The Kier molecular flexibility index (Phi) is 3.11. The lowest BCUT2D eigenvalue weighted by atomic mass is 10.0. The predicted molar refractivity (Wildman–Crippen MR) is 64.4 cm³/mol. The maximum absolute atomic E-state index is 9.08. The van der Waals surface area contributed by atoms with Crippen molar-refractivity contribution >= 4 is 5.71 Å². The Balaban J connectivity index is 2.45. The Morgan fingerprint density at radius 3 is 2.06 bits per heavy atom. The number of hydrogen-bond acceptors (Lipinski definition) is 1. The van der Waals surface area contributed by atoms with Crippen LogP contribution < -0.4 is 0 Å². The molecule has 2 aromatic rings. The van der Waals surface area contributed by atoms with E-state index < -0.39 is 0 Å². The van der Waals surface area contributed by atoms with Crippen LogP contribution in [0, 0.1) is 11.3 Å². The molecule has 0 radical (unpaired) electrons. The van der Waals surface area contributed by atoms with E-state index in [1.807, 2.05) is 36.4 Å². The molecular weight excluding hydrogens is 210 g/mol. The summed E-state index contributed by atoms with van der Waals surface area (Å²) in [6.45, 7) is 0. The van der Waals surface area contributed by atoms with Gasteiger partial charge in [-0.25, -0.2) is 0 Å². The van der Waals surface area contributed by atoms with E-state index in [0.29, 0.717) is 11.3 Å². The molecule has 2 rings (SSSR count). The predicted octanol–water partition coefficient (Wildman–Crippen LogP) is 2.63. The number of rotatable bonds is 2. The van der Waals surface area contributed by atoms with Gasteiger partial charge in [0.15, 0.2) is 0 Å². The minimum atomic E-state index is 0.495. The maximum atomic E-state index is 9.08. The molecule has 0 aromatic heterocycles. The largest absolute Gasteiger partial charge is 0.361 e. The fourth-order valence-electron chi connectivity index (χ4n) is 1.58. The minimum absolute atomic E-state index is 0.495. The van der Waals surface area contributed by atoms with Gasteiger partial charge in [0, 0.05) is 0 Å². The van der Waals surface area contributed by atoms with E-state index >= 15 is 0 Å². The summed E-state index contributed by atoms with van der Waals surface area (Å²) in [6.07, 6.45) is 0. The van der Waals surface area contributed by atoms with Crippen molar-refractivity contribution in [3.05, 3.63) is 76.8 Å². The topological polar surface area (TPSA) is 60.2 Å². The van der Waals surface area contributed by atoms with Crippen molar-refractivity contribution in [2.75, 3.05) is 0 Å². The van der Waals surface area contributed by atoms with Crippen molar-refractivity contribution in [3.63, 3.8) is 0 Å². The molecule has 0 atom stereocenters. The first-order valence-corrected chi connectivity index (χ1v) is 5.13. The van der Waals surface area contributed by atoms with Gasteiger partial charge in [0.1, 0.15) is 0 Å². The molecule has 0 aliphatic rings. The Bertz CT molecular complexity index is 600. The Hall–Kier alpha value is -2.69. The molecule has 0 aliphatic heterocycles. The summed E-state index contributed by atoms with van der Waals surface area (Å²) in [4.78, 5) is 3.32. The summed E-state index contributed by atoms with van der Waals surface area (Å²) in [5.41, 5.74) is 11.8. The lowest BCUT2D eigenvalue weighted by molar-refractivity contribution is -0.00279. The normalized spacial score (nSPS) is 9.12. The molecule has 3 heteroatoms. The third kappa shape index (κ3) is 2.28. The van der Waals surface area contributed by atoms with Gasteiger partial charge in [-0.1, -0.05) is 18.2 Å². The van der Waals surface area contributed by atoms with Crippen LogP contribution in [0.25, 0.3) is 5.53 Å². The molecule has 0 unspecified atom stereocenters. The SMILES string of the molecule is N#Cc1ccc(C(=[N+]=[N-])c2ccccc2)cc1. The van der Waals surface area contributed by atoms with Gasteiger partial charge in [-0.3, -0.25) is 0 Å². The second kappa shape index (κ2) is 4.89. The molecule has 0 N–H and O–H groups in total. The summed E-state index contributed by atoms with van der Waals surface area (Å²) < 4.78 is 0. The second-order valence-electron chi connectivity index (χ2n) is 3.50. The number of nitriles is 1. The first kappa shape index (κ1) is 10.8. The number of hydrogen-bond donors (Lipinski definition) is 0. The van der Waals surface area contributed by atoms with Gasteiger partial charge in [0.05, 0.1) is 22.8 Å². The van der Waals surface area contributed by atoms with Gasteiger partial charge in [0.25, 0.3) is 0 Å². The smallest absolute Gasteiger partial charge is 0.329 e. The average Bonchev–Trinajstić information content (AvgIpc) is 2.42. The summed E-state index contributed by atoms with van der Waals surface area (Å²) in [7, 11) is 0. The van der Waals surface area contributed by atoms with Crippen LogP contribution in [-0.2, 0) is 0 Å². The van der Waals surface area contributed by atoms with Crippen molar-refractivity contribution in [2.45, 2.75) is 0 Å². The van der Waals surface area contributed by atoms with Gasteiger partial charge in [-0.05, 0) is 36.4 Å². The zero-order valence-electron chi connectivity index (χ0n) is 9.04. The van der Waals surface area contributed by atoms with Crippen LogP contribution in [0.1, 0.15) is 16.7 Å². The first-order valence-electron chi connectivity index (χ1n) is 5.13. The zero-order valence-corrected chi connectivity index (χ0v) is 9.04. The molecule has 0 aliphatic carbocycles. The standard InChI is InChI=1S/C14H9N3/c15-10-11-6-8-13(9-7-11)14(17-16)12-4-2-1-3-5-12/h1-9H. The van der Waals surface area contributed by atoms with Crippen LogP contribution in [0.2, 0.25) is 0 Å². The van der Waals surface area contributed by atoms with Crippen LogP contribution >= 0.6 is 0 Å². The maximum Gasteiger partial charge on any atom is 0.329 e. The molecule has 17 heavy (non-hydrogen) atoms. The molecule has 2 aromatic carbocycles. The Labute approximate surface area is 99.2 Å². The highest BCUT2D eigenvalue weighted by atomic mass is 14.9. The van der Waals surface area contributed by atoms with Crippen LogP contribution in [-0.4, -0.2) is 10.5 Å². The summed E-state index contributed by atoms with van der Waals surface area (Å²) >= 11 is 0.